The number of fused-ring (bicyclic) bond motifs is 1. The Labute approximate surface area is 147 Å². The summed E-state index contributed by atoms with van der Waals surface area (Å²) in [7, 11) is 1.73. The molecule has 0 bridgehead atoms. The smallest absolute Gasteiger partial charge is 0.303 e. The summed E-state index contributed by atoms with van der Waals surface area (Å²) < 4.78 is 0. The molecule has 25 heavy (non-hydrogen) atoms. The number of hydrogen-bond acceptors (Lipinski definition) is 3. The van der Waals surface area contributed by atoms with Gasteiger partial charge in [0, 0.05) is 37.0 Å². The summed E-state index contributed by atoms with van der Waals surface area (Å²) in [6.45, 7) is 4.48. The van der Waals surface area contributed by atoms with Crippen LogP contribution in [0.2, 0.25) is 0 Å². The first-order valence-corrected chi connectivity index (χ1v) is 8.76. The predicted octanol–water partition coefficient (Wildman–Crippen LogP) is 3.67. The Morgan fingerprint density at radius 3 is 2.60 bits per heavy atom. The molecule has 1 amide bonds. The summed E-state index contributed by atoms with van der Waals surface area (Å²) >= 11 is 0. The van der Waals surface area contributed by atoms with E-state index in [0.717, 1.165) is 40.6 Å². The average molecular weight is 340 g/mol. The predicted molar refractivity (Wildman–Crippen MR) is 97.0 cm³/mol. The Bertz CT molecular complexity index is 840. The van der Waals surface area contributed by atoms with Crippen LogP contribution >= 0.6 is 0 Å². The number of carbonyl (C=O) groups excluding carboxylic acids is 1. The van der Waals surface area contributed by atoms with Crippen molar-refractivity contribution < 1.29 is 14.7 Å². The second-order valence-corrected chi connectivity index (χ2v) is 7.07. The van der Waals surface area contributed by atoms with Crippen molar-refractivity contribution in [2.45, 2.75) is 45.4 Å². The molecule has 5 nitrogen and oxygen atoms in total. The molecule has 1 fully saturated rings. The monoisotopic (exact) mass is 340 g/mol. The normalized spacial score (nSPS) is 13.9. The number of pyridine rings is 1. The fourth-order valence-electron chi connectivity index (χ4n) is 3.24. The van der Waals surface area contributed by atoms with Gasteiger partial charge in [0.25, 0.3) is 5.91 Å². The van der Waals surface area contributed by atoms with Gasteiger partial charge in [-0.05, 0) is 50.8 Å². The highest BCUT2D eigenvalue weighted by Gasteiger charge is 2.28. The number of amides is 1. The van der Waals surface area contributed by atoms with Crippen molar-refractivity contribution in [3.63, 3.8) is 0 Å². The number of benzene rings is 1. The number of nitrogens with zero attached hydrogens (tertiary/aromatic N) is 2. The number of aryl methyl sites for hydroxylation is 2. The molecule has 2 aromatic rings. The molecule has 3 rings (SSSR count). The van der Waals surface area contributed by atoms with E-state index < -0.39 is 5.97 Å². The molecule has 0 saturated heterocycles. The molecule has 1 aliphatic carbocycles. The number of aliphatic carboxylic acids is 1. The Morgan fingerprint density at radius 2 is 1.96 bits per heavy atom. The van der Waals surface area contributed by atoms with Crippen LogP contribution in [-0.4, -0.2) is 40.5 Å². The zero-order chi connectivity index (χ0) is 18.1. The lowest BCUT2D eigenvalue weighted by molar-refractivity contribution is -0.137. The summed E-state index contributed by atoms with van der Waals surface area (Å²) in [6.07, 6.45) is 2.78. The van der Waals surface area contributed by atoms with E-state index in [1.807, 2.05) is 26.0 Å². The summed E-state index contributed by atoms with van der Waals surface area (Å²) in [5.41, 5.74) is 4.77. The molecular weight excluding hydrogens is 316 g/mol. The number of carboxylic acids is 1. The van der Waals surface area contributed by atoms with Gasteiger partial charge in [0.15, 0.2) is 0 Å². The molecule has 1 saturated carbocycles. The van der Waals surface area contributed by atoms with Gasteiger partial charge in [-0.2, -0.15) is 0 Å². The number of carbonyl (C=O) groups is 2. The van der Waals surface area contributed by atoms with Crippen LogP contribution in [0.25, 0.3) is 10.9 Å². The van der Waals surface area contributed by atoms with E-state index >= 15 is 0 Å². The van der Waals surface area contributed by atoms with E-state index in [1.165, 1.54) is 0 Å². The van der Waals surface area contributed by atoms with Crippen LogP contribution in [0.15, 0.2) is 18.2 Å². The highest BCUT2D eigenvalue weighted by molar-refractivity contribution is 6.07. The van der Waals surface area contributed by atoms with Gasteiger partial charge in [-0.1, -0.05) is 11.6 Å². The Kier molecular flexibility index (Phi) is 4.75. The minimum Gasteiger partial charge on any atom is -0.481 e. The third kappa shape index (κ3) is 3.81. The summed E-state index contributed by atoms with van der Waals surface area (Å²) in [5, 5.41) is 9.66. The van der Waals surface area contributed by atoms with E-state index in [4.69, 9.17) is 10.1 Å². The standard InChI is InChI=1S/C20H24N2O3/c1-12-9-13(2)19-15(10-12)16(11-17(21-19)14-6-7-14)20(25)22(3)8-4-5-18(23)24/h9-11,14H,4-8H2,1-3H3,(H,23,24). The quantitative estimate of drug-likeness (QED) is 0.871. The van der Waals surface area contributed by atoms with Gasteiger partial charge in [0.2, 0.25) is 0 Å². The fraction of sp³-hybridized carbons (Fsp3) is 0.450. The zero-order valence-corrected chi connectivity index (χ0v) is 15.0. The Morgan fingerprint density at radius 1 is 1.24 bits per heavy atom. The molecular formula is C20H24N2O3. The van der Waals surface area contributed by atoms with Crippen LogP contribution in [0.4, 0.5) is 0 Å². The first-order chi connectivity index (χ1) is 11.9. The molecule has 1 N–H and O–H groups in total. The first-order valence-electron chi connectivity index (χ1n) is 8.76. The maximum Gasteiger partial charge on any atom is 0.303 e. The second-order valence-electron chi connectivity index (χ2n) is 7.07. The van der Waals surface area contributed by atoms with Crippen LogP contribution in [-0.2, 0) is 4.79 Å². The molecule has 1 aromatic heterocycles. The van der Waals surface area contributed by atoms with Gasteiger partial charge in [-0.15, -0.1) is 0 Å². The molecule has 132 valence electrons. The maximum absolute atomic E-state index is 13.0. The van der Waals surface area contributed by atoms with Gasteiger partial charge in [-0.25, -0.2) is 0 Å². The van der Waals surface area contributed by atoms with Gasteiger partial charge < -0.3 is 10.0 Å². The number of aromatic nitrogens is 1. The van der Waals surface area contributed by atoms with Crippen LogP contribution in [0.1, 0.15) is 58.8 Å². The molecule has 0 unspecified atom stereocenters. The van der Waals surface area contributed by atoms with E-state index in [9.17, 15) is 9.59 Å². The van der Waals surface area contributed by atoms with E-state index in [0.29, 0.717) is 24.4 Å². The highest BCUT2D eigenvalue weighted by Crippen LogP contribution is 2.40. The van der Waals surface area contributed by atoms with Crippen molar-refractivity contribution in [1.82, 2.24) is 9.88 Å². The third-order valence-electron chi connectivity index (χ3n) is 4.73. The molecule has 1 heterocycles. The number of carboxylic acid groups (broad SMARTS) is 1. The van der Waals surface area contributed by atoms with Gasteiger partial charge in [0.1, 0.15) is 0 Å². The van der Waals surface area contributed by atoms with E-state index in [1.54, 1.807) is 11.9 Å². The molecule has 5 heteroatoms. The van der Waals surface area contributed by atoms with Gasteiger partial charge in [0.05, 0.1) is 11.1 Å². The number of rotatable bonds is 6. The summed E-state index contributed by atoms with van der Waals surface area (Å²) in [6, 6.07) is 6.05. The Balaban J connectivity index is 1.98. The minimum atomic E-state index is -0.836. The van der Waals surface area contributed by atoms with Crippen molar-refractivity contribution in [2.75, 3.05) is 13.6 Å². The van der Waals surface area contributed by atoms with Crippen LogP contribution in [0.3, 0.4) is 0 Å². The van der Waals surface area contributed by atoms with E-state index in [-0.39, 0.29) is 12.3 Å². The largest absolute Gasteiger partial charge is 0.481 e. The molecule has 0 radical (unpaired) electrons. The summed E-state index contributed by atoms with van der Waals surface area (Å²) in [5.74, 6) is -0.434. The second kappa shape index (κ2) is 6.82. The maximum atomic E-state index is 13.0. The Hall–Kier alpha value is -2.43. The molecule has 0 aliphatic heterocycles. The van der Waals surface area contributed by atoms with Crippen LogP contribution in [0, 0.1) is 13.8 Å². The topological polar surface area (TPSA) is 70.5 Å². The highest BCUT2D eigenvalue weighted by atomic mass is 16.4. The average Bonchev–Trinajstić information content (AvgIpc) is 3.37. The minimum absolute atomic E-state index is 0.0651. The SMILES string of the molecule is Cc1cc(C)c2nc(C3CC3)cc(C(=O)N(C)CCCC(=O)O)c2c1. The first kappa shape index (κ1) is 17.4. The molecule has 1 aliphatic rings. The van der Waals surface area contributed by atoms with Crippen LogP contribution < -0.4 is 0 Å². The molecule has 0 spiro atoms. The molecule has 1 aromatic carbocycles. The lowest BCUT2D eigenvalue weighted by Gasteiger charge is -2.19. The molecule has 0 atom stereocenters. The third-order valence-corrected chi connectivity index (χ3v) is 4.73. The van der Waals surface area contributed by atoms with Crippen molar-refractivity contribution >= 4 is 22.8 Å². The van der Waals surface area contributed by atoms with Gasteiger partial charge in [-0.3, -0.25) is 14.6 Å². The fourth-order valence-corrected chi connectivity index (χ4v) is 3.24. The zero-order valence-electron chi connectivity index (χ0n) is 15.0. The van der Waals surface area contributed by atoms with Gasteiger partial charge >= 0.3 is 5.97 Å². The lowest BCUT2D eigenvalue weighted by Crippen LogP contribution is -2.28. The van der Waals surface area contributed by atoms with Crippen LogP contribution in [0.5, 0.6) is 0 Å². The van der Waals surface area contributed by atoms with E-state index in [2.05, 4.69) is 6.07 Å². The summed E-state index contributed by atoms with van der Waals surface area (Å²) in [4.78, 5) is 30.1. The van der Waals surface area contributed by atoms with Crippen molar-refractivity contribution in [3.05, 3.63) is 40.6 Å². The lowest BCUT2D eigenvalue weighted by atomic mass is 10.00. The number of hydrogen-bond donors (Lipinski definition) is 1. The van der Waals surface area contributed by atoms with Crippen molar-refractivity contribution in [2.24, 2.45) is 0 Å². The van der Waals surface area contributed by atoms with Crippen molar-refractivity contribution in [3.8, 4) is 0 Å². The van der Waals surface area contributed by atoms with Crippen molar-refractivity contribution in [1.29, 1.82) is 0 Å².